The maximum atomic E-state index is 4.06. The molecule has 1 heteroatoms. The van der Waals surface area contributed by atoms with Crippen LogP contribution in [-0.4, -0.2) is 5.25 Å². The molecule has 0 bridgehead atoms. The van der Waals surface area contributed by atoms with Crippen molar-refractivity contribution in [1.29, 1.82) is 0 Å². The number of benzene rings is 1. The van der Waals surface area contributed by atoms with E-state index in [4.69, 9.17) is 0 Å². The van der Waals surface area contributed by atoms with Crippen LogP contribution >= 0.6 is 11.8 Å². The lowest BCUT2D eigenvalue weighted by atomic mass is 10.1. The lowest BCUT2D eigenvalue weighted by molar-refractivity contribution is 0.819. The van der Waals surface area contributed by atoms with Gasteiger partial charge in [0.15, 0.2) is 0 Å². The first-order valence-corrected chi connectivity index (χ1v) is 4.82. The summed E-state index contributed by atoms with van der Waals surface area (Å²) in [6.45, 7) is 4.06. The topological polar surface area (TPSA) is 0 Å². The zero-order chi connectivity index (χ0) is 7.68. The maximum Gasteiger partial charge on any atom is 0.0107 e. The zero-order valence-electron chi connectivity index (χ0n) is 6.42. The zero-order valence-corrected chi connectivity index (χ0v) is 7.23. The summed E-state index contributed by atoms with van der Waals surface area (Å²) in [5.41, 5.74) is 1.50. The molecular formula is C10H11S. The molecule has 11 heavy (non-hydrogen) atoms. The van der Waals surface area contributed by atoms with Crippen LogP contribution in [0.2, 0.25) is 0 Å². The molecule has 0 amide bonds. The van der Waals surface area contributed by atoms with Gasteiger partial charge in [0.1, 0.15) is 0 Å². The van der Waals surface area contributed by atoms with Crippen LogP contribution in [0, 0.1) is 6.92 Å². The molecule has 1 aliphatic heterocycles. The Hall–Kier alpha value is -0.430. The third-order valence-electron chi connectivity index (χ3n) is 2.00. The van der Waals surface area contributed by atoms with Gasteiger partial charge < -0.3 is 0 Å². The molecule has 0 aromatic heterocycles. The summed E-state index contributed by atoms with van der Waals surface area (Å²) in [4.78, 5) is 1.43. The van der Waals surface area contributed by atoms with Crippen molar-refractivity contribution in [2.24, 2.45) is 0 Å². The Bertz CT molecular complexity index is 255. The second-order valence-corrected chi connectivity index (χ2v) is 4.23. The van der Waals surface area contributed by atoms with E-state index < -0.39 is 0 Å². The van der Waals surface area contributed by atoms with Crippen LogP contribution < -0.4 is 0 Å². The van der Waals surface area contributed by atoms with Gasteiger partial charge in [-0.15, -0.1) is 11.8 Å². The molecule has 0 N–H and O–H groups in total. The van der Waals surface area contributed by atoms with Gasteiger partial charge in [-0.1, -0.05) is 18.2 Å². The number of thioether (sulfide) groups is 1. The van der Waals surface area contributed by atoms with Crippen molar-refractivity contribution in [2.45, 2.75) is 23.0 Å². The molecular weight excluding hydrogens is 152 g/mol. The Morgan fingerprint density at radius 1 is 1.36 bits per heavy atom. The second-order valence-electron chi connectivity index (χ2n) is 2.89. The molecule has 0 fully saturated rings. The molecule has 1 aromatic rings. The van der Waals surface area contributed by atoms with Gasteiger partial charge in [0.05, 0.1) is 0 Å². The van der Waals surface area contributed by atoms with Crippen molar-refractivity contribution in [3.05, 3.63) is 36.8 Å². The van der Waals surface area contributed by atoms with Gasteiger partial charge in [-0.3, -0.25) is 0 Å². The van der Waals surface area contributed by atoms with Crippen LogP contribution in [0.3, 0.4) is 0 Å². The molecule has 0 nitrogen and oxygen atoms in total. The summed E-state index contributed by atoms with van der Waals surface area (Å²) in [5.74, 6) is 0. The first-order valence-electron chi connectivity index (χ1n) is 3.94. The van der Waals surface area contributed by atoms with Gasteiger partial charge in [-0.2, -0.15) is 0 Å². The van der Waals surface area contributed by atoms with E-state index in [1.54, 1.807) is 0 Å². The summed E-state index contributed by atoms with van der Waals surface area (Å²) in [5, 5.41) is 0.560. The van der Waals surface area contributed by atoms with E-state index in [1.807, 2.05) is 11.8 Å². The monoisotopic (exact) mass is 163 g/mol. The highest BCUT2D eigenvalue weighted by molar-refractivity contribution is 8.00. The van der Waals surface area contributed by atoms with Crippen molar-refractivity contribution < 1.29 is 0 Å². The first-order chi connectivity index (χ1) is 5.36. The number of aryl methyl sites for hydroxylation is 1. The maximum absolute atomic E-state index is 4.06. The molecule has 1 unspecified atom stereocenters. The Morgan fingerprint density at radius 2 is 2.18 bits per heavy atom. The van der Waals surface area contributed by atoms with E-state index in [0.717, 1.165) is 0 Å². The minimum atomic E-state index is 0.560. The van der Waals surface area contributed by atoms with E-state index >= 15 is 0 Å². The lowest BCUT2D eigenvalue weighted by Gasteiger charge is -2.19. The highest BCUT2D eigenvalue weighted by Crippen LogP contribution is 2.34. The Kier molecular flexibility index (Phi) is 1.91. The first kappa shape index (κ1) is 7.23. The van der Waals surface area contributed by atoms with E-state index in [9.17, 15) is 0 Å². The Balaban J connectivity index is 2.34. The van der Waals surface area contributed by atoms with Gasteiger partial charge in [-0.05, 0) is 31.4 Å². The molecule has 0 spiro atoms. The van der Waals surface area contributed by atoms with Gasteiger partial charge in [-0.25, -0.2) is 0 Å². The highest BCUT2D eigenvalue weighted by atomic mass is 32.2. The predicted octanol–water partition coefficient (Wildman–Crippen LogP) is 2.93. The number of rotatable bonds is 0. The van der Waals surface area contributed by atoms with E-state index in [2.05, 4.69) is 31.2 Å². The van der Waals surface area contributed by atoms with Crippen LogP contribution in [-0.2, 0) is 6.42 Å². The Morgan fingerprint density at radius 3 is 3.09 bits per heavy atom. The molecule has 1 aromatic carbocycles. The average Bonchev–Trinajstić information content (AvgIpc) is 2.04. The number of hydrogen-bond acceptors (Lipinski definition) is 1. The van der Waals surface area contributed by atoms with Crippen molar-refractivity contribution in [2.75, 3.05) is 0 Å². The van der Waals surface area contributed by atoms with Gasteiger partial charge in [0.2, 0.25) is 0 Å². The Labute approximate surface area is 72.0 Å². The molecule has 0 saturated heterocycles. The van der Waals surface area contributed by atoms with Crippen LogP contribution in [0.15, 0.2) is 29.2 Å². The van der Waals surface area contributed by atoms with Gasteiger partial charge in [0, 0.05) is 10.1 Å². The van der Waals surface area contributed by atoms with Gasteiger partial charge in [0.25, 0.3) is 0 Å². The number of hydrogen-bond donors (Lipinski definition) is 0. The fraction of sp³-hybridized carbons (Fsp3) is 0.300. The smallest absolute Gasteiger partial charge is 0.0107 e. The van der Waals surface area contributed by atoms with Crippen molar-refractivity contribution in [3.8, 4) is 0 Å². The molecule has 1 aliphatic rings. The standard InChI is InChI=1S/C10H11S/c1-8-6-7-9-4-2-3-5-10(9)11-8/h2-5,8H,1,6-7H2. The van der Waals surface area contributed by atoms with Gasteiger partial charge >= 0.3 is 0 Å². The third kappa shape index (κ3) is 1.43. The second kappa shape index (κ2) is 2.90. The SMILES string of the molecule is [CH2]C1CCc2ccccc2S1. The largest absolute Gasteiger partial charge is 0.122 e. The van der Waals surface area contributed by atoms with Crippen molar-refractivity contribution in [1.82, 2.24) is 0 Å². The van der Waals surface area contributed by atoms with Crippen molar-refractivity contribution >= 4 is 11.8 Å². The molecule has 1 radical (unpaired) electrons. The normalized spacial score (nSPS) is 22.8. The minimum Gasteiger partial charge on any atom is -0.122 e. The fourth-order valence-electron chi connectivity index (χ4n) is 1.38. The molecule has 1 heterocycles. The molecule has 1 atom stereocenters. The summed E-state index contributed by atoms with van der Waals surface area (Å²) in [7, 11) is 0. The summed E-state index contributed by atoms with van der Waals surface area (Å²) in [6, 6.07) is 8.62. The molecule has 0 aliphatic carbocycles. The van der Waals surface area contributed by atoms with Crippen LogP contribution in [0.25, 0.3) is 0 Å². The predicted molar refractivity (Wildman–Crippen MR) is 49.8 cm³/mol. The van der Waals surface area contributed by atoms with Crippen molar-refractivity contribution in [3.63, 3.8) is 0 Å². The quantitative estimate of drug-likeness (QED) is 0.566. The number of fused-ring (bicyclic) bond motifs is 1. The average molecular weight is 163 g/mol. The third-order valence-corrected chi connectivity index (χ3v) is 3.22. The van der Waals surface area contributed by atoms with E-state index in [-0.39, 0.29) is 0 Å². The summed E-state index contributed by atoms with van der Waals surface area (Å²) < 4.78 is 0. The molecule has 2 rings (SSSR count). The van der Waals surface area contributed by atoms with E-state index in [1.165, 1.54) is 23.3 Å². The highest BCUT2D eigenvalue weighted by Gasteiger charge is 2.13. The fourth-order valence-corrected chi connectivity index (χ4v) is 2.45. The minimum absolute atomic E-state index is 0.560. The molecule has 57 valence electrons. The van der Waals surface area contributed by atoms with Crippen LogP contribution in [0.1, 0.15) is 12.0 Å². The summed E-state index contributed by atoms with van der Waals surface area (Å²) >= 11 is 1.90. The molecule has 0 saturated carbocycles. The van der Waals surface area contributed by atoms with Crippen LogP contribution in [0.5, 0.6) is 0 Å². The van der Waals surface area contributed by atoms with Crippen LogP contribution in [0.4, 0.5) is 0 Å². The summed E-state index contributed by atoms with van der Waals surface area (Å²) in [6.07, 6.45) is 2.43. The van der Waals surface area contributed by atoms with E-state index in [0.29, 0.717) is 5.25 Å². The lowest BCUT2D eigenvalue weighted by Crippen LogP contribution is -2.06.